The highest BCUT2D eigenvalue weighted by molar-refractivity contribution is 5.94. The molecule has 1 heterocycles. The van der Waals surface area contributed by atoms with Crippen LogP contribution in [0.5, 0.6) is 5.75 Å². The highest BCUT2D eigenvalue weighted by Crippen LogP contribution is 2.22. The topological polar surface area (TPSA) is 97.1 Å². The molecule has 0 radical (unpaired) electrons. The average molecular weight is 359 g/mol. The maximum absolute atomic E-state index is 12.5. The molecule has 0 spiro atoms. The van der Waals surface area contributed by atoms with Crippen LogP contribution in [-0.4, -0.2) is 41.8 Å². The first-order chi connectivity index (χ1) is 12.2. The Balaban J connectivity index is 2.14. The minimum Gasteiger partial charge on any atom is -0.496 e. The standard InChI is InChI=1S/C19H21NO6/c1-11(21)13-5-6-17(25-4)14(7-13)8-18(22)20(3)10-15-9-16(19(23)24)12(2)26-15/h5-7,9H,8,10H2,1-4H3,(H,23,24). The van der Waals surface area contributed by atoms with E-state index >= 15 is 0 Å². The van der Waals surface area contributed by atoms with E-state index in [0.717, 1.165) is 0 Å². The van der Waals surface area contributed by atoms with Crippen molar-refractivity contribution in [2.75, 3.05) is 14.2 Å². The van der Waals surface area contributed by atoms with Crippen molar-refractivity contribution in [3.63, 3.8) is 0 Å². The molecule has 2 aromatic rings. The van der Waals surface area contributed by atoms with Crippen molar-refractivity contribution in [2.45, 2.75) is 26.8 Å². The zero-order valence-electron chi connectivity index (χ0n) is 15.2. The van der Waals surface area contributed by atoms with Gasteiger partial charge in [-0.1, -0.05) is 0 Å². The van der Waals surface area contributed by atoms with Crippen LogP contribution in [0.3, 0.4) is 0 Å². The Morgan fingerprint density at radius 2 is 1.92 bits per heavy atom. The number of likely N-dealkylation sites (N-methyl/N-ethyl adjacent to an activating group) is 1. The molecule has 0 bridgehead atoms. The molecule has 7 heteroatoms. The average Bonchev–Trinajstić information content (AvgIpc) is 2.95. The molecule has 0 aliphatic carbocycles. The van der Waals surface area contributed by atoms with Crippen molar-refractivity contribution >= 4 is 17.7 Å². The molecule has 0 aliphatic heterocycles. The van der Waals surface area contributed by atoms with Crippen molar-refractivity contribution in [1.29, 1.82) is 0 Å². The molecule has 1 N–H and O–H groups in total. The van der Waals surface area contributed by atoms with E-state index in [0.29, 0.717) is 28.4 Å². The third-order valence-corrected chi connectivity index (χ3v) is 4.05. The predicted octanol–water partition coefficient (Wildman–Crippen LogP) is 2.70. The maximum atomic E-state index is 12.5. The van der Waals surface area contributed by atoms with Gasteiger partial charge in [0.1, 0.15) is 22.8 Å². The van der Waals surface area contributed by atoms with Crippen LogP contribution in [-0.2, 0) is 17.8 Å². The number of nitrogens with zero attached hydrogens (tertiary/aromatic N) is 1. The van der Waals surface area contributed by atoms with Gasteiger partial charge in [0, 0.05) is 18.2 Å². The molecule has 138 valence electrons. The fraction of sp³-hybridized carbons (Fsp3) is 0.316. The molecule has 0 atom stereocenters. The summed E-state index contributed by atoms with van der Waals surface area (Å²) < 4.78 is 10.7. The van der Waals surface area contributed by atoms with Gasteiger partial charge in [-0.2, -0.15) is 0 Å². The number of rotatable bonds is 7. The molecule has 26 heavy (non-hydrogen) atoms. The third-order valence-electron chi connectivity index (χ3n) is 4.05. The summed E-state index contributed by atoms with van der Waals surface area (Å²) in [5.74, 6) is -0.169. The summed E-state index contributed by atoms with van der Waals surface area (Å²) in [6.07, 6.45) is 0.0479. The summed E-state index contributed by atoms with van der Waals surface area (Å²) in [5, 5.41) is 9.06. The second kappa shape index (κ2) is 7.86. The zero-order chi connectivity index (χ0) is 19.4. The van der Waals surface area contributed by atoms with Gasteiger partial charge < -0.3 is 19.2 Å². The van der Waals surface area contributed by atoms with Crippen LogP contribution in [0.1, 0.15) is 44.7 Å². The first-order valence-electron chi connectivity index (χ1n) is 7.97. The number of hydrogen-bond acceptors (Lipinski definition) is 5. The van der Waals surface area contributed by atoms with E-state index in [2.05, 4.69) is 0 Å². The number of carbonyl (C=O) groups excluding carboxylic acids is 2. The lowest BCUT2D eigenvalue weighted by Crippen LogP contribution is -2.27. The number of Topliss-reactive ketones (excluding diaryl/α,β-unsaturated/α-hetero) is 1. The van der Waals surface area contributed by atoms with Gasteiger partial charge >= 0.3 is 5.97 Å². The highest BCUT2D eigenvalue weighted by Gasteiger charge is 2.18. The van der Waals surface area contributed by atoms with Crippen molar-refractivity contribution in [3.05, 3.63) is 52.5 Å². The number of aromatic carboxylic acids is 1. The van der Waals surface area contributed by atoms with Gasteiger partial charge in [-0.15, -0.1) is 0 Å². The molecule has 7 nitrogen and oxygen atoms in total. The second-order valence-corrected chi connectivity index (χ2v) is 6.00. The van der Waals surface area contributed by atoms with E-state index in [1.54, 1.807) is 32.2 Å². The van der Waals surface area contributed by atoms with Gasteiger partial charge in [0.2, 0.25) is 5.91 Å². The molecule has 2 rings (SSSR count). The third kappa shape index (κ3) is 4.30. The molecule has 1 aromatic carbocycles. The molecular weight excluding hydrogens is 338 g/mol. The van der Waals surface area contributed by atoms with Gasteiger partial charge in [-0.3, -0.25) is 9.59 Å². The molecule has 0 unspecified atom stereocenters. The molecule has 1 amide bonds. The fourth-order valence-corrected chi connectivity index (χ4v) is 2.59. The van der Waals surface area contributed by atoms with E-state index in [1.807, 2.05) is 0 Å². The molecule has 1 aromatic heterocycles. The van der Waals surface area contributed by atoms with Gasteiger partial charge in [-0.25, -0.2) is 4.79 Å². The number of ketones is 1. The zero-order valence-corrected chi connectivity index (χ0v) is 15.2. The van der Waals surface area contributed by atoms with Gasteiger partial charge in [0.05, 0.1) is 20.1 Å². The second-order valence-electron chi connectivity index (χ2n) is 6.00. The number of carboxylic acid groups (broad SMARTS) is 1. The number of benzene rings is 1. The number of amides is 1. The van der Waals surface area contributed by atoms with Gasteiger partial charge in [0.25, 0.3) is 0 Å². The minimum absolute atomic E-state index is 0.0479. The van der Waals surface area contributed by atoms with Crippen LogP contribution in [0.15, 0.2) is 28.7 Å². The Morgan fingerprint density at radius 1 is 1.23 bits per heavy atom. The van der Waals surface area contributed by atoms with E-state index in [4.69, 9.17) is 14.3 Å². The number of carboxylic acids is 1. The Labute approximate surface area is 151 Å². The molecular formula is C19H21NO6. The maximum Gasteiger partial charge on any atom is 0.339 e. The van der Waals surface area contributed by atoms with Crippen LogP contribution in [0.4, 0.5) is 0 Å². The molecule has 0 saturated heterocycles. The van der Waals surface area contributed by atoms with E-state index in [9.17, 15) is 14.4 Å². The summed E-state index contributed by atoms with van der Waals surface area (Å²) in [5.41, 5.74) is 1.19. The quantitative estimate of drug-likeness (QED) is 0.764. The van der Waals surface area contributed by atoms with Crippen molar-refractivity contribution < 1.29 is 28.6 Å². The number of methoxy groups -OCH3 is 1. The SMILES string of the molecule is COc1ccc(C(C)=O)cc1CC(=O)N(C)Cc1cc(C(=O)O)c(C)o1. The predicted molar refractivity (Wildman–Crippen MR) is 93.6 cm³/mol. The smallest absolute Gasteiger partial charge is 0.339 e. The summed E-state index contributed by atoms with van der Waals surface area (Å²) >= 11 is 0. The molecule has 0 fully saturated rings. The Bertz CT molecular complexity index is 852. The van der Waals surface area contributed by atoms with Crippen LogP contribution in [0, 0.1) is 6.92 Å². The lowest BCUT2D eigenvalue weighted by molar-refractivity contribution is -0.129. The first kappa shape index (κ1) is 19.2. The summed E-state index contributed by atoms with van der Waals surface area (Å²) in [6.45, 7) is 3.16. The fourth-order valence-electron chi connectivity index (χ4n) is 2.59. The highest BCUT2D eigenvalue weighted by atomic mass is 16.5. The molecule has 0 saturated carbocycles. The lowest BCUT2D eigenvalue weighted by atomic mass is 10.0. The van der Waals surface area contributed by atoms with Gasteiger partial charge in [-0.05, 0) is 38.1 Å². The number of furan rings is 1. The number of carbonyl (C=O) groups is 3. The number of aryl methyl sites for hydroxylation is 1. The van der Waals surface area contributed by atoms with Crippen LogP contribution in [0.25, 0.3) is 0 Å². The Hall–Kier alpha value is -3.09. The van der Waals surface area contributed by atoms with Crippen LogP contribution < -0.4 is 4.74 Å². The van der Waals surface area contributed by atoms with Crippen LogP contribution >= 0.6 is 0 Å². The lowest BCUT2D eigenvalue weighted by Gasteiger charge is -2.17. The normalized spacial score (nSPS) is 10.5. The Kier molecular flexibility index (Phi) is 5.82. The van der Waals surface area contributed by atoms with E-state index in [-0.39, 0.29) is 30.2 Å². The minimum atomic E-state index is -1.07. The summed E-state index contributed by atoms with van der Waals surface area (Å²) in [4.78, 5) is 36.6. The summed E-state index contributed by atoms with van der Waals surface area (Å²) in [6, 6.07) is 6.37. The van der Waals surface area contributed by atoms with E-state index < -0.39 is 5.97 Å². The molecule has 0 aliphatic rings. The summed E-state index contributed by atoms with van der Waals surface area (Å²) in [7, 11) is 3.10. The largest absolute Gasteiger partial charge is 0.496 e. The first-order valence-corrected chi connectivity index (χ1v) is 7.97. The van der Waals surface area contributed by atoms with Gasteiger partial charge in [0.15, 0.2) is 5.78 Å². The number of ether oxygens (including phenoxy) is 1. The van der Waals surface area contributed by atoms with E-state index in [1.165, 1.54) is 25.0 Å². The number of hydrogen-bond donors (Lipinski definition) is 1. The monoisotopic (exact) mass is 359 g/mol. The van der Waals surface area contributed by atoms with Crippen molar-refractivity contribution in [2.24, 2.45) is 0 Å². The Morgan fingerprint density at radius 3 is 2.46 bits per heavy atom. The van der Waals surface area contributed by atoms with Crippen molar-refractivity contribution in [3.8, 4) is 5.75 Å². The van der Waals surface area contributed by atoms with Crippen molar-refractivity contribution in [1.82, 2.24) is 4.90 Å². The van der Waals surface area contributed by atoms with Crippen LogP contribution in [0.2, 0.25) is 0 Å².